The number of aliphatic hydroxyl groups excluding tert-OH is 1. The molecule has 2 heterocycles. The summed E-state index contributed by atoms with van der Waals surface area (Å²) in [7, 11) is 0. The van der Waals surface area contributed by atoms with Crippen LogP contribution in [0.4, 0.5) is 5.69 Å². The number of Topliss-reactive ketones (excluding diaryl/α,β-unsaturated/α-hetero) is 1. The predicted molar refractivity (Wildman–Crippen MR) is 175 cm³/mol. The number of benzene rings is 4. The molecule has 1 unspecified atom stereocenters. The molecule has 0 aromatic heterocycles. The maximum absolute atomic E-state index is 14.4. The van der Waals surface area contributed by atoms with Crippen LogP contribution < -0.4 is 4.90 Å². The summed E-state index contributed by atoms with van der Waals surface area (Å²) in [4.78, 5) is 49.4. The summed E-state index contributed by atoms with van der Waals surface area (Å²) in [6, 6.07) is 30.7. The van der Waals surface area contributed by atoms with E-state index in [1.165, 1.54) is 4.90 Å². The first-order valence-corrected chi connectivity index (χ1v) is 14.8. The van der Waals surface area contributed by atoms with Crippen LogP contribution in [0.5, 0.6) is 0 Å². The van der Waals surface area contributed by atoms with Gasteiger partial charge in [0.25, 0.3) is 5.78 Å². The summed E-state index contributed by atoms with van der Waals surface area (Å²) in [6.07, 6.45) is 0. The molecule has 224 valence electrons. The van der Waals surface area contributed by atoms with Crippen molar-refractivity contribution in [1.82, 2.24) is 0 Å². The average Bonchev–Trinajstić information content (AvgIpc) is 3.50. The highest BCUT2D eigenvalue weighted by Gasteiger charge is 2.67. The largest absolute Gasteiger partial charge is 0.507 e. The summed E-state index contributed by atoms with van der Waals surface area (Å²) in [5, 5.41) is 12.1. The van der Waals surface area contributed by atoms with E-state index in [0.717, 1.165) is 16.7 Å². The summed E-state index contributed by atoms with van der Waals surface area (Å²) in [5.74, 6) is -3.01. The van der Waals surface area contributed by atoms with Crippen molar-refractivity contribution >= 4 is 40.5 Å². The number of carbonyl (C=O) groups excluding carboxylic acids is 3. The number of hydrogen-bond acceptors (Lipinski definition) is 6. The molecule has 2 aliphatic heterocycles. The number of nitrogens with zero attached hydrogens (tertiary/aromatic N) is 2. The van der Waals surface area contributed by atoms with E-state index >= 15 is 0 Å². The third-order valence-corrected chi connectivity index (χ3v) is 8.19. The Morgan fingerprint density at radius 3 is 1.91 bits per heavy atom. The number of carbonyl (C=O) groups is 3. The molecule has 0 radical (unpaired) electrons. The molecule has 4 aromatic carbocycles. The number of aliphatic hydroxyl groups is 1. The van der Waals surface area contributed by atoms with Crippen molar-refractivity contribution in [3.63, 3.8) is 0 Å². The SMILES string of the molecule is CCOC(=O)C1=C(c2ccccc2)N=C(c2ccc(C)cc2)C12/C(=C(\O)c1ccc(C)cc1)C(=O)C(=O)N2c1ccc(C)cc1. The van der Waals surface area contributed by atoms with Crippen molar-refractivity contribution in [2.45, 2.75) is 33.2 Å². The minimum atomic E-state index is -1.97. The molecular weight excluding hydrogens is 564 g/mol. The van der Waals surface area contributed by atoms with Crippen LogP contribution in [0.25, 0.3) is 11.5 Å². The first-order chi connectivity index (χ1) is 21.7. The van der Waals surface area contributed by atoms with Crippen molar-refractivity contribution in [3.05, 3.63) is 148 Å². The van der Waals surface area contributed by atoms with E-state index in [9.17, 15) is 19.5 Å². The van der Waals surface area contributed by atoms with E-state index in [2.05, 4.69) is 0 Å². The van der Waals surface area contributed by atoms with Crippen LogP contribution in [-0.2, 0) is 19.1 Å². The fourth-order valence-electron chi connectivity index (χ4n) is 6.01. The molecule has 1 spiro atoms. The van der Waals surface area contributed by atoms with Gasteiger partial charge in [0.2, 0.25) is 0 Å². The normalized spacial score (nSPS) is 18.9. The molecule has 6 rings (SSSR count). The number of rotatable bonds is 6. The minimum absolute atomic E-state index is 0.0282. The molecule has 45 heavy (non-hydrogen) atoms. The second-order valence-corrected chi connectivity index (χ2v) is 11.2. The molecule has 1 fully saturated rings. The van der Waals surface area contributed by atoms with Crippen LogP contribution in [0.2, 0.25) is 0 Å². The molecule has 1 N–H and O–H groups in total. The van der Waals surface area contributed by atoms with Gasteiger partial charge in [0.05, 0.1) is 23.6 Å². The number of amides is 1. The van der Waals surface area contributed by atoms with Crippen molar-refractivity contribution < 1.29 is 24.2 Å². The smallest absolute Gasteiger partial charge is 0.339 e. The molecule has 2 aliphatic rings. The topological polar surface area (TPSA) is 96.3 Å². The van der Waals surface area contributed by atoms with Crippen LogP contribution in [-0.4, -0.2) is 40.6 Å². The number of ether oxygens (including phenoxy) is 1. The van der Waals surface area contributed by atoms with Gasteiger partial charge in [0.1, 0.15) is 11.3 Å². The zero-order valence-electron chi connectivity index (χ0n) is 25.5. The molecule has 7 nitrogen and oxygen atoms in total. The molecule has 7 heteroatoms. The monoisotopic (exact) mass is 596 g/mol. The van der Waals surface area contributed by atoms with Gasteiger partial charge in [-0.25, -0.2) is 9.79 Å². The van der Waals surface area contributed by atoms with E-state index in [4.69, 9.17) is 9.73 Å². The zero-order chi connectivity index (χ0) is 31.9. The highest BCUT2D eigenvalue weighted by Crippen LogP contribution is 2.53. The number of anilines is 1. The molecule has 4 aromatic rings. The molecule has 1 saturated heterocycles. The Kier molecular flexibility index (Phi) is 7.54. The van der Waals surface area contributed by atoms with Crippen molar-refractivity contribution in [1.29, 1.82) is 0 Å². The van der Waals surface area contributed by atoms with E-state index < -0.39 is 29.0 Å². The molecule has 1 amide bonds. The second-order valence-electron chi connectivity index (χ2n) is 11.2. The van der Waals surface area contributed by atoms with Gasteiger partial charge in [0.15, 0.2) is 5.54 Å². The molecule has 0 aliphatic carbocycles. The lowest BCUT2D eigenvalue weighted by Gasteiger charge is -2.38. The highest BCUT2D eigenvalue weighted by molar-refractivity contribution is 6.57. The Hall–Kier alpha value is -5.56. The molecule has 1 atom stereocenters. The van der Waals surface area contributed by atoms with E-state index in [0.29, 0.717) is 22.4 Å². The van der Waals surface area contributed by atoms with Crippen LogP contribution in [0.15, 0.2) is 119 Å². The Morgan fingerprint density at radius 1 is 0.778 bits per heavy atom. The Balaban J connectivity index is 1.82. The van der Waals surface area contributed by atoms with Gasteiger partial charge in [-0.3, -0.25) is 14.5 Å². The quantitative estimate of drug-likeness (QED) is 0.116. The lowest BCUT2D eigenvalue weighted by atomic mass is 9.75. The van der Waals surface area contributed by atoms with Gasteiger partial charge in [-0.1, -0.05) is 108 Å². The van der Waals surface area contributed by atoms with Gasteiger partial charge >= 0.3 is 11.9 Å². The third kappa shape index (κ3) is 4.77. The highest BCUT2D eigenvalue weighted by atomic mass is 16.5. The van der Waals surface area contributed by atoms with Gasteiger partial charge in [0, 0.05) is 16.8 Å². The van der Waals surface area contributed by atoms with Crippen molar-refractivity contribution in [3.8, 4) is 0 Å². The maximum Gasteiger partial charge on any atom is 0.339 e. The predicted octanol–water partition coefficient (Wildman–Crippen LogP) is 6.71. The van der Waals surface area contributed by atoms with E-state index in [-0.39, 0.29) is 29.2 Å². The zero-order valence-corrected chi connectivity index (χ0v) is 25.5. The summed E-state index contributed by atoms with van der Waals surface area (Å²) in [6.45, 7) is 7.50. The van der Waals surface area contributed by atoms with Crippen LogP contribution >= 0.6 is 0 Å². The second kappa shape index (κ2) is 11.5. The minimum Gasteiger partial charge on any atom is -0.507 e. The van der Waals surface area contributed by atoms with E-state index in [1.807, 2.05) is 87.5 Å². The summed E-state index contributed by atoms with van der Waals surface area (Å²) >= 11 is 0. The fourth-order valence-corrected chi connectivity index (χ4v) is 6.01. The lowest BCUT2D eigenvalue weighted by Crippen LogP contribution is -2.55. The van der Waals surface area contributed by atoms with Crippen LogP contribution in [0.3, 0.4) is 0 Å². The molecule has 0 saturated carbocycles. The average molecular weight is 597 g/mol. The third-order valence-electron chi connectivity index (χ3n) is 8.19. The van der Waals surface area contributed by atoms with Gasteiger partial charge in [-0.15, -0.1) is 0 Å². The summed E-state index contributed by atoms with van der Waals surface area (Å²) in [5.41, 5.74) is 2.96. The molecule has 0 bridgehead atoms. The fraction of sp³-hybridized carbons (Fsp3) is 0.158. The lowest BCUT2D eigenvalue weighted by molar-refractivity contribution is -0.138. The number of aryl methyl sites for hydroxylation is 3. The van der Waals surface area contributed by atoms with Crippen LogP contribution in [0.1, 0.15) is 40.3 Å². The maximum atomic E-state index is 14.4. The van der Waals surface area contributed by atoms with Crippen LogP contribution in [0, 0.1) is 20.8 Å². The number of aliphatic imine (C=N–C) groups is 1. The Bertz CT molecular complexity index is 1920. The molecular formula is C38H32N2O5. The standard InChI is InChI=1S/C38H32N2O5/c1-5-45-37(44)30-32(26-9-7-6-8-10-26)39-35(28-19-13-24(3)14-20-28)38(30)31(33(41)27-17-11-23(2)12-18-27)34(42)36(43)40(38)29-21-15-25(4)16-22-29/h6-22,41H,5H2,1-4H3/b33-31-. The Labute approximate surface area is 261 Å². The Morgan fingerprint density at radius 2 is 1.33 bits per heavy atom. The summed E-state index contributed by atoms with van der Waals surface area (Å²) < 4.78 is 5.67. The van der Waals surface area contributed by atoms with Gasteiger partial charge in [-0.2, -0.15) is 0 Å². The van der Waals surface area contributed by atoms with Gasteiger partial charge < -0.3 is 9.84 Å². The van der Waals surface area contributed by atoms with E-state index in [1.54, 1.807) is 43.3 Å². The number of esters is 1. The van der Waals surface area contributed by atoms with Gasteiger partial charge in [-0.05, 0) is 45.4 Å². The number of ketones is 1. The van der Waals surface area contributed by atoms with Crippen molar-refractivity contribution in [2.75, 3.05) is 11.5 Å². The number of hydrogen-bond donors (Lipinski definition) is 1. The first-order valence-electron chi connectivity index (χ1n) is 14.8. The van der Waals surface area contributed by atoms with Crippen molar-refractivity contribution in [2.24, 2.45) is 4.99 Å². The first kappa shape index (κ1) is 29.5.